The fourth-order valence-corrected chi connectivity index (χ4v) is 1.91. The molecule has 0 amide bonds. The van der Waals surface area contributed by atoms with Gasteiger partial charge < -0.3 is 0 Å². The van der Waals surface area contributed by atoms with Gasteiger partial charge in [0.2, 0.25) is 0 Å². The molecule has 0 spiro atoms. The molecule has 2 heterocycles. The maximum absolute atomic E-state index is 11.9. The largest absolute Gasteiger partial charge is 0.332 e. The van der Waals surface area contributed by atoms with E-state index in [1.54, 1.807) is 25.3 Å². The van der Waals surface area contributed by atoms with Crippen LogP contribution in [0.3, 0.4) is 0 Å². The van der Waals surface area contributed by atoms with Crippen LogP contribution in [0.1, 0.15) is 5.56 Å². The Hall–Kier alpha value is -2.96. The predicted molar refractivity (Wildman–Crippen MR) is 72.8 cm³/mol. The molecule has 1 aromatic carbocycles. The molecular formula is C13H11N5O2. The fraction of sp³-hybridized carbons (Fsp3) is 0.0769. The molecule has 0 aliphatic rings. The zero-order valence-electron chi connectivity index (χ0n) is 10.6. The van der Waals surface area contributed by atoms with E-state index in [9.17, 15) is 9.59 Å². The highest BCUT2D eigenvalue weighted by Gasteiger charge is 2.06. The van der Waals surface area contributed by atoms with Crippen molar-refractivity contribution in [2.24, 2.45) is 0 Å². The zero-order valence-corrected chi connectivity index (χ0v) is 10.6. The Morgan fingerprint density at radius 1 is 1.25 bits per heavy atom. The molecule has 0 saturated carbocycles. The molecular weight excluding hydrogens is 258 g/mol. The van der Waals surface area contributed by atoms with Gasteiger partial charge in [-0.15, -0.1) is 0 Å². The van der Waals surface area contributed by atoms with Gasteiger partial charge in [-0.2, -0.15) is 15.4 Å². The number of nitrogens with zero attached hydrogens (tertiary/aromatic N) is 3. The van der Waals surface area contributed by atoms with Crippen LogP contribution < -0.4 is 11.2 Å². The number of H-pyrrole nitrogens is 2. The van der Waals surface area contributed by atoms with Crippen LogP contribution in [0, 0.1) is 6.92 Å². The van der Waals surface area contributed by atoms with Gasteiger partial charge in [0.15, 0.2) is 0 Å². The average molecular weight is 269 g/mol. The number of nitrogens with one attached hydrogen (secondary N) is 2. The summed E-state index contributed by atoms with van der Waals surface area (Å²) >= 11 is 0. The molecule has 3 aromatic rings. The van der Waals surface area contributed by atoms with Crippen molar-refractivity contribution in [2.45, 2.75) is 6.92 Å². The van der Waals surface area contributed by atoms with Crippen LogP contribution in [0.25, 0.3) is 16.9 Å². The summed E-state index contributed by atoms with van der Waals surface area (Å²) in [4.78, 5) is 25.5. The van der Waals surface area contributed by atoms with Crippen molar-refractivity contribution in [2.75, 3.05) is 0 Å². The van der Waals surface area contributed by atoms with Gasteiger partial charge in [-0.1, -0.05) is 12.1 Å². The smallest absolute Gasteiger partial charge is 0.273 e. The second kappa shape index (κ2) is 4.61. The quantitative estimate of drug-likeness (QED) is 0.712. The number of benzene rings is 1. The third-order valence-corrected chi connectivity index (χ3v) is 2.96. The maximum atomic E-state index is 11.9. The van der Waals surface area contributed by atoms with Crippen molar-refractivity contribution in [3.05, 3.63) is 63.1 Å². The summed E-state index contributed by atoms with van der Waals surface area (Å²) in [5.74, 6) is 0. The first-order valence-corrected chi connectivity index (χ1v) is 5.94. The van der Waals surface area contributed by atoms with Gasteiger partial charge in [0.25, 0.3) is 5.56 Å². The Kier molecular flexibility index (Phi) is 2.79. The topological polar surface area (TPSA) is 96.4 Å². The van der Waals surface area contributed by atoms with Gasteiger partial charge in [-0.05, 0) is 19.1 Å². The van der Waals surface area contributed by atoms with Crippen molar-refractivity contribution in [1.29, 1.82) is 0 Å². The number of aromatic amines is 2. The average Bonchev–Trinajstić information content (AvgIpc) is 2.97. The van der Waals surface area contributed by atoms with E-state index in [0.29, 0.717) is 16.9 Å². The van der Waals surface area contributed by atoms with E-state index in [4.69, 9.17) is 0 Å². The lowest BCUT2D eigenvalue weighted by Gasteiger charge is -2.07. The minimum absolute atomic E-state index is 0.376. The molecule has 0 saturated heterocycles. The SMILES string of the molecule is Cc1cn(-c2cccc(-c3cn[nH]n3)c2)c(=O)[nH]c1=O. The van der Waals surface area contributed by atoms with Crippen molar-refractivity contribution >= 4 is 0 Å². The highest BCUT2D eigenvalue weighted by molar-refractivity contribution is 5.61. The Balaban J connectivity index is 2.17. The summed E-state index contributed by atoms with van der Waals surface area (Å²) in [6.45, 7) is 1.65. The predicted octanol–water partition coefficient (Wildman–Crippen LogP) is 0.619. The van der Waals surface area contributed by atoms with Crippen molar-refractivity contribution < 1.29 is 0 Å². The minimum atomic E-state index is -0.474. The van der Waals surface area contributed by atoms with Crippen molar-refractivity contribution in [1.82, 2.24) is 25.0 Å². The minimum Gasteiger partial charge on any atom is -0.273 e. The fourth-order valence-electron chi connectivity index (χ4n) is 1.91. The number of hydrogen-bond acceptors (Lipinski definition) is 4. The second-order valence-electron chi connectivity index (χ2n) is 4.35. The van der Waals surface area contributed by atoms with Crippen molar-refractivity contribution in [3.63, 3.8) is 0 Å². The van der Waals surface area contributed by atoms with Gasteiger partial charge in [-0.25, -0.2) is 4.79 Å². The van der Waals surface area contributed by atoms with Gasteiger partial charge in [-0.3, -0.25) is 14.3 Å². The van der Waals surface area contributed by atoms with E-state index in [1.807, 2.05) is 12.1 Å². The first kappa shape index (κ1) is 12.1. The van der Waals surface area contributed by atoms with Gasteiger partial charge in [0.1, 0.15) is 5.69 Å². The lowest BCUT2D eigenvalue weighted by molar-refractivity contribution is 0.880. The number of rotatable bonds is 2. The summed E-state index contributed by atoms with van der Waals surface area (Å²) in [5.41, 5.74) is 1.77. The molecule has 100 valence electrons. The van der Waals surface area contributed by atoms with E-state index in [1.165, 1.54) is 10.8 Å². The first-order chi connectivity index (χ1) is 9.65. The molecule has 0 bridgehead atoms. The van der Waals surface area contributed by atoms with Crippen LogP contribution >= 0.6 is 0 Å². The molecule has 2 N–H and O–H groups in total. The number of aryl methyl sites for hydroxylation is 1. The second-order valence-corrected chi connectivity index (χ2v) is 4.35. The van der Waals surface area contributed by atoms with Gasteiger partial charge >= 0.3 is 5.69 Å². The number of hydrogen-bond donors (Lipinski definition) is 2. The zero-order chi connectivity index (χ0) is 14.1. The Labute approximate surface area is 112 Å². The lowest BCUT2D eigenvalue weighted by atomic mass is 10.1. The summed E-state index contributed by atoms with van der Waals surface area (Å²) in [6, 6.07) is 7.26. The summed E-state index contributed by atoms with van der Waals surface area (Å²) in [6.07, 6.45) is 3.11. The molecule has 0 fully saturated rings. The van der Waals surface area contributed by atoms with Crippen LogP contribution in [-0.4, -0.2) is 25.0 Å². The van der Waals surface area contributed by atoms with E-state index in [-0.39, 0.29) is 5.56 Å². The van der Waals surface area contributed by atoms with E-state index >= 15 is 0 Å². The molecule has 7 nitrogen and oxygen atoms in total. The van der Waals surface area contributed by atoms with Gasteiger partial charge in [0, 0.05) is 17.3 Å². The Bertz CT molecular complexity index is 861. The molecule has 20 heavy (non-hydrogen) atoms. The normalized spacial score (nSPS) is 10.7. The molecule has 7 heteroatoms. The maximum Gasteiger partial charge on any atom is 0.332 e. The molecule has 2 aromatic heterocycles. The molecule has 0 unspecified atom stereocenters. The molecule has 0 atom stereocenters. The molecule has 0 aliphatic carbocycles. The molecule has 3 rings (SSSR count). The number of aromatic nitrogens is 5. The summed E-state index contributed by atoms with van der Waals surface area (Å²) < 4.78 is 1.39. The van der Waals surface area contributed by atoms with Crippen LogP contribution in [0.15, 0.2) is 46.2 Å². The third kappa shape index (κ3) is 2.05. The Morgan fingerprint density at radius 2 is 2.10 bits per heavy atom. The van der Waals surface area contributed by atoms with Crippen LogP contribution in [0.5, 0.6) is 0 Å². The molecule has 0 aliphatic heterocycles. The highest BCUT2D eigenvalue weighted by Crippen LogP contribution is 2.18. The summed E-state index contributed by atoms with van der Waals surface area (Å²) in [5, 5.41) is 10.3. The van der Waals surface area contributed by atoms with Crippen molar-refractivity contribution in [3.8, 4) is 16.9 Å². The van der Waals surface area contributed by atoms with E-state index in [2.05, 4.69) is 20.4 Å². The molecule has 0 radical (unpaired) electrons. The summed E-state index contributed by atoms with van der Waals surface area (Å²) in [7, 11) is 0. The first-order valence-electron chi connectivity index (χ1n) is 5.94. The highest BCUT2D eigenvalue weighted by atomic mass is 16.2. The van der Waals surface area contributed by atoms with E-state index < -0.39 is 5.69 Å². The van der Waals surface area contributed by atoms with E-state index in [0.717, 1.165) is 5.56 Å². The standard InChI is InChI=1S/C13H11N5O2/c1-8-7-18(13(20)15-12(8)19)10-4-2-3-9(5-10)11-6-14-17-16-11/h2-7H,1H3,(H,14,16,17)(H,15,19,20). The Morgan fingerprint density at radius 3 is 2.85 bits per heavy atom. The lowest BCUT2D eigenvalue weighted by Crippen LogP contribution is -2.29. The third-order valence-electron chi connectivity index (χ3n) is 2.96. The van der Waals surface area contributed by atoms with Gasteiger partial charge in [0.05, 0.1) is 11.9 Å². The monoisotopic (exact) mass is 269 g/mol. The van der Waals surface area contributed by atoms with Crippen LogP contribution in [0.2, 0.25) is 0 Å². The van der Waals surface area contributed by atoms with Crippen LogP contribution in [0.4, 0.5) is 0 Å². The van der Waals surface area contributed by atoms with Crippen LogP contribution in [-0.2, 0) is 0 Å².